The van der Waals surface area contributed by atoms with Crippen LogP contribution in [0.5, 0.6) is 0 Å². The van der Waals surface area contributed by atoms with E-state index in [1.807, 2.05) is 37.3 Å². The van der Waals surface area contributed by atoms with Gasteiger partial charge < -0.3 is 10.1 Å². The summed E-state index contributed by atoms with van der Waals surface area (Å²) in [5.74, 6) is 0.0763. The summed E-state index contributed by atoms with van der Waals surface area (Å²) in [6.07, 6.45) is 1.31. The van der Waals surface area contributed by atoms with Crippen LogP contribution in [0.15, 0.2) is 30.3 Å². The molecule has 1 aliphatic heterocycles. The van der Waals surface area contributed by atoms with Crippen LogP contribution in [0.1, 0.15) is 39.7 Å². The number of ether oxygens (including phenoxy) is 1. The molecule has 1 aromatic rings. The van der Waals surface area contributed by atoms with Gasteiger partial charge in [0, 0.05) is 5.92 Å². The van der Waals surface area contributed by atoms with E-state index < -0.39 is 11.6 Å². The lowest BCUT2D eigenvalue weighted by Gasteiger charge is -2.23. The minimum absolute atomic E-state index is 0.00791. The van der Waals surface area contributed by atoms with Crippen LogP contribution in [-0.2, 0) is 20.7 Å². The van der Waals surface area contributed by atoms with Gasteiger partial charge in [-0.3, -0.25) is 9.59 Å². The summed E-state index contributed by atoms with van der Waals surface area (Å²) in [6, 6.07) is 9.46. The number of rotatable bonds is 8. The van der Waals surface area contributed by atoms with E-state index in [2.05, 4.69) is 19.2 Å². The smallest absolute Gasteiger partial charge is 0.223 e. The van der Waals surface area contributed by atoms with Gasteiger partial charge >= 0.3 is 0 Å². The second kappa shape index (κ2) is 7.26. The Kier molecular flexibility index (Phi) is 5.58. The Balaban J connectivity index is 1.97. The van der Waals surface area contributed by atoms with Crippen LogP contribution in [-0.4, -0.2) is 29.9 Å². The molecule has 23 heavy (non-hydrogen) atoms. The van der Waals surface area contributed by atoms with E-state index >= 15 is 0 Å². The summed E-state index contributed by atoms with van der Waals surface area (Å²) in [4.78, 5) is 25.0. The Morgan fingerprint density at radius 1 is 1.22 bits per heavy atom. The van der Waals surface area contributed by atoms with Crippen molar-refractivity contribution in [1.29, 1.82) is 0 Å². The SMILES string of the molecule is CC(C)C[C@H](NC(=O)[C@H](C)Cc1ccccc1)C(=O)C1(C)CO1. The van der Waals surface area contributed by atoms with Crippen LogP contribution in [0.2, 0.25) is 0 Å². The van der Waals surface area contributed by atoms with E-state index in [0.29, 0.717) is 25.4 Å². The maximum absolute atomic E-state index is 12.5. The number of carbonyl (C=O) groups excluding carboxylic acids is 2. The monoisotopic (exact) mass is 317 g/mol. The van der Waals surface area contributed by atoms with Crippen LogP contribution in [0.3, 0.4) is 0 Å². The minimum Gasteiger partial charge on any atom is -0.361 e. The van der Waals surface area contributed by atoms with E-state index in [-0.39, 0.29) is 17.6 Å². The highest BCUT2D eigenvalue weighted by molar-refractivity contribution is 5.96. The number of amides is 1. The summed E-state index contributed by atoms with van der Waals surface area (Å²) >= 11 is 0. The number of nitrogens with one attached hydrogen (secondary N) is 1. The lowest BCUT2D eigenvalue weighted by atomic mass is 9.92. The standard InChI is InChI=1S/C19H27NO3/c1-13(2)10-16(17(21)19(4)12-23-19)20-18(22)14(3)11-15-8-6-5-7-9-15/h5-9,13-14,16H,10-12H2,1-4H3,(H,20,22)/t14-,16+,19?/m1/s1. The highest BCUT2D eigenvalue weighted by Crippen LogP contribution is 2.29. The first-order valence-corrected chi connectivity index (χ1v) is 8.34. The largest absolute Gasteiger partial charge is 0.361 e. The van der Waals surface area contributed by atoms with Crippen molar-refractivity contribution < 1.29 is 14.3 Å². The molecule has 1 N–H and O–H groups in total. The first-order chi connectivity index (χ1) is 10.8. The van der Waals surface area contributed by atoms with Crippen LogP contribution in [0, 0.1) is 11.8 Å². The van der Waals surface area contributed by atoms with Gasteiger partial charge in [0.25, 0.3) is 0 Å². The average Bonchev–Trinajstić information content (AvgIpc) is 3.25. The molecule has 1 aliphatic rings. The number of hydrogen-bond donors (Lipinski definition) is 1. The van der Waals surface area contributed by atoms with Gasteiger partial charge in [0.2, 0.25) is 5.91 Å². The molecule has 4 heteroatoms. The Hall–Kier alpha value is -1.68. The van der Waals surface area contributed by atoms with Gasteiger partial charge in [-0.2, -0.15) is 0 Å². The van der Waals surface area contributed by atoms with Gasteiger partial charge in [-0.15, -0.1) is 0 Å². The van der Waals surface area contributed by atoms with Crippen molar-refractivity contribution in [2.75, 3.05) is 6.61 Å². The summed E-state index contributed by atoms with van der Waals surface area (Å²) in [6.45, 7) is 8.25. The molecule has 0 aliphatic carbocycles. The molecule has 0 spiro atoms. The summed E-state index contributed by atoms with van der Waals surface area (Å²) in [5.41, 5.74) is 0.426. The molecular formula is C19H27NO3. The first-order valence-electron chi connectivity index (χ1n) is 8.34. The van der Waals surface area contributed by atoms with Gasteiger partial charge in [-0.1, -0.05) is 51.1 Å². The zero-order valence-corrected chi connectivity index (χ0v) is 14.5. The Morgan fingerprint density at radius 3 is 2.35 bits per heavy atom. The lowest BCUT2D eigenvalue weighted by molar-refractivity contribution is -0.132. The van der Waals surface area contributed by atoms with Crippen molar-refractivity contribution >= 4 is 11.7 Å². The highest BCUT2D eigenvalue weighted by atomic mass is 16.6. The van der Waals surface area contributed by atoms with Gasteiger partial charge in [-0.25, -0.2) is 0 Å². The van der Waals surface area contributed by atoms with E-state index in [0.717, 1.165) is 5.56 Å². The second-order valence-electron chi connectivity index (χ2n) is 7.17. The number of benzene rings is 1. The normalized spacial score (nSPS) is 22.5. The number of ketones is 1. The maximum Gasteiger partial charge on any atom is 0.223 e. The molecule has 1 aromatic carbocycles. The zero-order chi connectivity index (χ0) is 17.0. The molecule has 1 fully saturated rings. The van der Waals surface area contributed by atoms with E-state index in [9.17, 15) is 9.59 Å². The molecule has 2 rings (SSSR count). The van der Waals surface area contributed by atoms with Crippen LogP contribution < -0.4 is 5.32 Å². The molecule has 3 atom stereocenters. The van der Waals surface area contributed by atoms with E-state index in [1.54, 1.807) is 6.92 Å². The average molecular weight is 317 g/mol. The van der Waals surface area contributed by atoms with Crippen molar-refractivity contribution in [3.05, 3.63) is 35.9 Å². The molecule has 1 saturated heterocycles. The van der Waals surface area contributed by atoms with Crippen molar-refractivity contribution in [3.63, 3.8) is 0 Å². The van der Waals surface area contributed by atoms with E-state index in [4.69, 9.17) is 4.74 Å². The summed E-state index contributed by atoms with van der Waals surface area (Å²) in [5, 5.41) is 2.95. The molecule has 0 bridgehead atoms. The molecule has 0 saturated carbocycles. The molecule has 4 nitrogen and oxygen atoms in total. The van der Waals surface area contributed by atoms with E-state index in [1.165, 1.54) is 0 Å². The summed E-state index contributed by atoms with van der Waals surface area (Å²) < 4.78 is 5.26. The Labute approximate surface area is 138 Å². The van der Waals surface area contributed by atoms with Crippen molar-refractivity contribution in [2.45, 2.75) is 52.2 Å². The molecular weight excluding hydrogens is 290 g/mol. The predicted molar refractivity (Wildman–Crippen MR) is 90.1 cm³/mol. The quantitative estimate of drug-likeness (QED) is 0.750. The van der Waals surface area contributed by atoms with Gasteiger partial charge in [0.15, 0.2) is 5.78 Å². The third-order valence-corrected chi connectivity index (χ3v) is 4.27. The fourth-order valence-corrected chi connectivity index (χ4v) is 2.70. The number of carbonyl (C=O) groups is 2. The third-order valence-electron chi connectivity index (χ3n) is 4.27. The topological polar surface area (TPSA) is 58.7 Å². The fourth-order valence-electron chi connectivity index (χ4n) is 2.70. The van der Waals surface area contributed by atoms with Crippen LogP contribution in [0.4, 0.5) is 0 Å². The molecule has 1 heterocycles. The molecule has 0 radical (unpaired) electrons. The number of epoxide rings is 1. The highest BCUT2D eigenvalue weighted by Gasteiger charge is 2.50. The lowest BCUT2D eigenvalue weighted by Crippen LogP contribution is -2.48. The third kappa shape index (κ3) is 4.90. The Bertz CT molecular complexity index is 549. The van der Waals surface area contributed by atoms with Gasteiger partial charge in [0.1, 0.15) is 5.60 Å². The number of Topliss-reactive ketones (excluding diaryl/α,β-unsaturated/α-hetero) is 1. The maximum atomic E-state index is 12.5. The van der Waals surface area contributed by atoms with Crippen molar-refractivity contribution in [3.8, 4) is 0 Å². The minimum atomic E-state index is -0.699. The van der Waals surface area contributed by atoms with Crippen molar-refractivity contribution in [1.82, 2.24) is 5.32 Å². The van der Waals surface area contributed by atoms with Crippen molar-refractivity contribution in [2.24, 2.45) is 11.8 Å². The molecule has 0 aromatic heterocycles. The number of hydrogen-bond acceptors (Lipinski definition) is 3. The molecule has 1 unspecified atom stereocenters. The second-order valence-corrected chi connectivity index (χ2v) is 7.17. The summed E-state index contributed by atoms with van der Waals surface area (Å²) in [7, 11) is 0. The first kappa shape index (κ1) is 17.7. The Morgan fingerprint density at radius 2 is 1.83 bits per heavy atom. The van der Waals surface area contributed by atoms with Crippen LogP contribution in [0.25, 0.3) is 0 Å². The predicted octanol–water partition coefficient (Wildman–Crippen LogP) is 2.75. The van der Waals surface area contributed by atoms with Gasteiger partial charge in [0.05, 0.1) is 12.6 Å². The fraction of sp³-hybridized carbons (Fsp3) is 0.579. The van der Waals surface area contributed by atoms with Crippen LogP contribution >= 0.6 is 0 Å². The zero-order valence-electron chi connectivity index (χ0n) is 14.5. The molecule has 1 amide bonds. The molecule has 126 valence electrons. The van der Waals surface area contributed by atoms with Gasteiger partial charge in [-0.05, 0) is 31.2 Å².